The molecule has 0 aromatic heterocycles. The van der Waals surface area contributed by atoms with Gasteiger partial charge in [0.05, 0.1) is 0 Å². The average Bonchev–Trinajstić information content (AvgIpc) is 1.79. The summed E-state index contributed by atoms with van der Waals surface area (Å²) in [7, 11) is 0. The monoisotopic (exact) mass is 222 g/mol. The molecule has 0 aliphatic carbocycles. The molecule has 15 heavy (non-hydrogen) atoms. The molecule has 0 atom stereocenters. The molecule has 0 amide bonds. The van der Waals surface area contributed by atoms with Gasteiger partial charge in [-0.15, -0.1) is 24.7 Å². The van der Waals surface area contributed by atoms with Gasteiger partial charge in [-0.25, -0.2) is 0 Å². The molecule has 0 rings (SSSR count). The second kappa shape index (κ2) is 11.3. The summed E-state index contributed by atoms with van der Waals surface area (Å²) in [6.07, 6.45) is -0.0556. The van der Waals surface area contributed by atoms with Gasteiger partial charge in [-0.05, 0) is 13.8 Å². The largest absolute Gasteiger partial charge is 2.00 e. The molecule has 0 aromatic rings. The number of carbonyl (C=O) groups excluding carboxylic acids is 2. The van der Waals surface area contributed by atoms with E-state index in [1.54, 1.807) is 0 Å². The van der Waals surface area contributed by atoms with Crippen molar-refractivity contribution < 1.29 is 19.8 Å². The molecule has 0 fully saturated rings. The van der Waals surface area contributed by atoms with Gasteiger partial charge in [0.2, 0.25) is 0 Å². The van der Waals surface area contributed by atoms with Crippen LogP contribution in [0.15, 0.2) is 24.7 Å². The van der Waals surface area contributed by atoms with Crippen LogP contribution in [0.1, 0.15) is 26.7 Å². The SMILES string of the molecule is C=C([O-])CC(C)=O.C=C([O-])CC(C)=O.[Mg+2]. The first-order chi connectivity index (χ1) is 6.25. The van der Waals surface area contributed by atoms with Crippen LogP contribution < -0.4 is 10.2 Å². The van der Waals surface area contributed by atoms with Crippen molar-refractivity contribution in [1.82, 2.24) is 0 Å². The summed E-state index contributed by atoms with van der Waals surface area (Å²) in [5.41, 5.74) is 0. The predicted octanol–water partition coefficient (Wildman–Crippen LogP) is -0.702. The van der Waals surface area contributed by atoms with Gasteiger partial charge in [-0.1, -0.05) is 0 Å². The van der Waals surface area contributed by atoms with Crippen molar-refractivity contribution in [2.75, 3.05) is 0 Å². The Hall–Kier alpha value is -0.814. The van der Waals surface area contributed by atoms with Crippen molar-refractivity contribution in [3.63, 3.8) is 0 Å². The quantitative estimate of drug-likeness (QED) is 0.465. The Bertz CT molecular complexity index is 196. The summed E-state index contributed by atoms with van der Waals surface area (Å²) in [4.78, 5) is 20.0. The van der Waals surface area contributed by atoms with Crippen LogP contribution in [0, 0.1) is 0 Å². The van der Waals surface area contributed by atoms with E-state index in [-0.39, 0.29) is 59.0 Å². The van der Waals surface area contributed by atoms with Crippen LogP contribution in [0.2, 0.25) is 0 Å². The maximum Gasteiger partial charge on any atom is 2.00 e. The van der Waals surface area contributed by atoms with Gasteiger partial charge in [0.25, 0.3) is 0 Å². The zero-order valence-electron chi connectivity index (χ0n) is 9.17. The van der Waals surface area contributed by atoms with E-state index >= 15 is 0 Å². The number of hydrogen-bond donors (Lipinski definition) is 0. The van der Waals surface area contributed by atoms with Crippen molar-refractivity contribution >= 4 is 34.6 Å². The summed E-state index contributed by atoms with van der Waals surface area (Å²) in [6, 6.07) is 0. The second-order valence-corrected chi connectivity index (χ2v) is 2.83. The zero-order chi connectivity index (χ0) is 11.7. The summed E-state index contributed by atoms with van der Waals surface area (Å²) < 4.78 is 0. The van der Waals surface area contributed by atoms with Crippen LogP contribution in [0.5, 0.6) is 0 Å². The molecule has 0 aliphatic rings. The standard InChI is InChI=1S/2C5H8O2.Mg/c2*1-4(6)3-5(2)7;/h2*6H,1,3H2,2H3;/q;;+2/p-2. The van der Waals surface area contributed by atoms with E-state index in [0.29, 0.717) is 0 Å². The third kappa shape index (κ3) is 32.0. The summed E-state index contributed by atoms with van der Waals surface area (Å²) in [5, 5.41) is 19.8. The van der Waals surface area contributed by atoms with Gasteiger partial charge in [-0.3, -0.25) is 9.59 Å². The van der Waals surface area contributed by atoms with Gasteiger partial charge in [0.15, 0.2) is 0 Å². The molecule has 0 aromatic carbocycles. The van der Waals surface area contributed by atoms with E-state index in [1.807, 2.05) is 0 Å². The zero-order valence-corrected chi connectivity index (χ0v) is 10.6. The minimum atomic E-state index is -0.312. The third-order valence-electron chi connectivity index (χ3n) is 0.892. The Kier molecular flexibility index (Phi) is 14.8. The van der Waals surface area contributed by atoms with Crippen LogP contribution in [0.25, 0.3) is 0 Å². The van der Waals surface area contributed by atoms with Crippen LogP contribution in [-0.4, -0.2) is 34.6 Å². The van der Waals surface area contributed by atoms with Crippen molar-refractivity contribution in [3.8, 4) is 0 Å². The summed E-state index contributed by atoms with van der Waals surface area (Å²) >= 11 is 0. The van der Waals surface area contributed by atoms with Crippen LogP contribution in [-0.2, 0) is 9.59 Å². The number of hydrogen-bond acceptors (Lipinski definition) is 4. The molecular weight excluding hydrogens is 208 g/mol. The van der Waals surface area contributed by atoms with Crippen molar-refractivity contribution in [1.29, 1.82) is 0 Å². The van der Waals surface area contributed by atoms with Crippen molar-refractivity contribution in [2.24, 2.45) is 0 Å². The molecule has 0 aliphatic heterocycles. The predicted molar refractivity (Wildman–Crippen MR) is 54.6 cm³/mol. The average molecular weight is 223 g/mol. The summed E-state index contributed by atoms with van der Waals surface area (Å²) in [5.74, 6) is -0.875. The van der Waals surface area contributed by atoms with E-state index in [2.05, 4.69) is 13.2 Å². The minimum absolute atomic E-state index is 0. The normalized spacial score (nSPS) is 7.60. The van der Waals surface area contributed by atoms with Gasteiger partial charge in [0.1, 0.15) is 11.6 Å². The van der Waals surface area contributed by atoms with Crippen molar-refractivity contribution in [2.45, 2.75) is 26.7 Å². The number of Topliss-reactive ketones (excluding diaryl/α,β-unsaturated/α-hetero) is 2. The first-order valence-electron chi connectivity index (χ1n) is 3.94. The van der Waals surface area contributed by atoms with Crippen LogP contribution in [0.3, 0.4) is 0 Å². The molecule has 80 valence electrons. The van der Waals surface area contributed by atoms with Gasteiger partial charge < -0.3 is 10.2 Å². The fourth-order valence-electron chi connectivity index (χ4n) is 0.555. The Labute approximate surface area is 106 Å². The van der Waals surface area contributed by atoms with E-state index in [4.69, 9.17) is 0 Å². The Morgan fingerprint density at radius 3 is 1.13 bits per heavy atom. The first-order valence-corrected chi connectivity index (χ1v) is 3.94. The minimum Gasteiger partial charge on any atom is -0.876 e. The van der Waals surface area contributed by atoms with Gasteiger partial charge in [-0.2, -0.15) is 0 Å². The van der Waals surface area contributed by atoms with Gasteiger partial charge >= 0.3 is 23.1 Å². The number of ketones is 2. The van der Waals surface area contributed by atoms with E-state index in [0.717, 1.165) is 0 Å². The molecule has 0 spiro atoms. The summed E-state index contributed by atoms with van der Waals surface area (Å²) in [6.45, 7) is 8.77. The van der Waals surface area contributed by atoms with Crippen LogP contribution >= 0.6 is 0 Å². The Morgan fingerprint density at radius 2 is 1.13 bits per heavy atom. The van der Waals surface area contributed by atoms with E-state index in [9.17, 15) is 19.8 Å². The fourth-order valence-corrected chi connectivity index (χ4v) is 0.555. The molecule has 0 saturated carbocycles. The third-order valence-corrected chi connectivity index (χ3v) is 0.892. The molecule has 0 unspecified atom stereocenters. The molecular formula is C10H14MgO4. The smallest absolute Gasteiger partial charge is 0.876 e. The van der Waals surface area contributed by atoms with E-state index < -0.39 is 0 Å². The molecule has 5 heteroatoms. The molecule has 4 nitrogen and oxygen atoms in total. The van der Waals surface area contributed by atoms with E-state index in [1.165, 1.54) is 13.8 Å². The first kappa shape index (κ1) is 19.7. The topological polar surface area (TPSA) is 80.3 Å². The molecule has 0 heterocycles. The Balaban J connectivity index is -0.000000180. The molecule has 0 bridgehead atoms. The van der Waals surface area contributed by atoms with Crippen molar-refractivity contribution in [3.05, 3.63) is 24.7 Å². The maximum atomic E-state index is 9.99. The number of rotatable bonds is 4. The fraction of sp³-hybridized carbons (Fsp3) is 0.400. The second-order valence-electron chi connectivity index (χ2n) is 2.83. The molecule has 0 N–H and O–H groups in total. The number of allylic oxidation sites excluding steroid dienone is 2. The Morgan fingerprint density at radius 1 is 0.933 bits per heavy atom. The maximum absolute atomic E-state index is 9.99. The molecule has 0 saturated heterocycles. The number of carbonyl (C=O) groups is 2. The van der Waals surface area contributed by atoms with Crippen LogP contribution in [0.4, 0.5) is 0 Å². The molecule has 0 radical (unpaired) electrons. The van der Waals surface area contributed by atoms with Gasteiger partial charge in [0, 0.05) is 12.8 Å².